The van der Waals surface area contributed by atoms with E-state index in [-0.39, 0.29) is 5.56 Å². The summed E-state index contributed by atoms with van der Waals surface area (Å²) in [4.78, 5) is 0. The fraction of sp³-hybridized carbons (Fsp3) is 0.200. The smallest absolute Gasteiger partial charge is 0.200 e. The molecule has 110 valence electrons. The maximum absolute atomic E-state index is 10.2. The Hall–Kier alpha value is -2.44. The van der Waals surface area contributed by atoms with E-state index in [2.05, 4.69) is 0 Å². The number of hydrogen-bond acceptors (Lipinski definition) is 6. The van der Waals surface area contributed by atoms with Gasteiger partial charge in [-0.05, 0) is 18.2 Å². The normalized spacial score (nSPS) is 24.2. The van der Waals surface area contributed by atoms with Crippen LogP contribution in [0.1, 0.15) is 23.3 Å². The number of benzene rings is 2. The second kappa shape index (κ2) is 4.83. The van der Waals surface area contributed by atoms with Crippen LogP contribution in [0, 0.1) is 0 Å². The third kappa shape index (κ3) is 2.14. The number of phenols is 3. The molecule has 3 rings (SSSR count). The summed E-state index contributed by atoms with van der Waals surface area (Å²) in [6, 6.07) is 9.08. The molecule has 1 heterocycles. The molecular weight excluding hydrogens is 276 g/mol. The lowest BCUT2D eigenvalue weighted by Gasteiger charge is -2.34. The number of ether oxygens (including phenoxy) is 1. The second-order valence-corrected chi connectivity index (χ2v) is 4.92. The lowest BCUT2D eigenvalue weighted by Crippen LogP contribution is -2.34. The Bertz CT molecular complexity index is 661. The average molecular weight is 290 g/mol. The molecule has 3 unspecified atom stereocenters. The van der Waals surface area contributed by atoms with Crippen molar-refractivity contribution in [1.82, 2.24) is 0 Å². The molecule has 0 saturated carbocycles. The zero-order valence-corrected chi connectivity index (χ0v) is 10.8. The van der Waals surface area contributed by atoms with Gasteiger partial charge in [-0.25, -0.2) is 0 Å². The van der Waals surface area contributed by atoms with E-state index < -0.39 is 35.6 Å². The summed E-state index contributed by atoms with van der Waals surface area (Å²) < 4.78 is 5.64. The first-order valence-electron chi connectivity index (χ1n) is 6.35. The van der Waals surface area contributed by atoms with Crippen LogP contribution in [0.4, 0.5) is 0 Å². The molecule has 0 fully saturated rings. The van der Waals surface area contributed by atoms with Gasteiger partial charge in [0.15, 0.2) is 23.4 Å². The first-order valence-corrected chi connectivity index (χ1v) is 6.35. The van der Waals surface area contributed by atoms with Crippen LogP contribution in [0.5, 0.6) is 23.0 Å². The molecule has 2 aromatic carbocycles. The maximum atomic E-state index is 10.2. The fourth-order valence-corrected chi connectivity index (χ4v) is 2.44. The van der Waals surface area contributed by atoms with Gasteiger partial charge < -0.3 is 30.3 Å². The van der Waals surface area contributed by atoms with Crippen molar-refractivity contribution in [2.24, 2.45) is 0 Å². The summed E-state index contributed by atoms with van der Waals surface area (Å²) in [7, 11) is 0. The van der Waals surface area contributed by atoms with Crippen molar-refractivity contribution in [1.29, 1.82) is 0 Å². The van der Waals surface area contributed by atoms with Crippen LogP contribution in [0.3, 0.4) is 0 Å². The summed E-state index contributed by atoms with van der Waals surface area (Å²) >= 11 is 0. The van der Waals surface area contributed by atoms with Crippen LogP contribution < -0.4 is 4.74 Å². The van der Waals surface area contributed by atoms with E-state index in [1.807, 2.05) is 0 Å². The number of aliphatic hydroxyl groups is 2. The molecule has 1 aliphatic heterocycles. The van der Waals surface area contributed by atoms with Crippen molar-refractivity contribution >= 4 is 0 Å². The zero-order valence-electron chi connectivity index (χ0n) is 10.8. The zero-order chi connectivity index (χ0) is 15.1. The fourth-order valence-electron chi connectivity index (χ4n) is 2.44. The van der Waals surface area contributed by atoms with E-state index in [0.29, 0.717) is 11.3 Å². The van der Waals surface area contributed by atoms with Crippen LogP contribution in [0.15, 0.2) is 36.4 Å². The molecule has 6 nitrogen and oxygen atoms in total. The molecule has 1 aliphatic rings. The second-order valence-electron chi connectivity index (χ2n) is 4.92. The number of hydrogen-bond donors (Lipinski definition) is 5. The van der Waals surface area contributed by atoms with Crippen molar-refractivity contribution in [2.45, 2.75) is 18.3 Å². The van der Waals surface area contributed by atoms with Crippen molar-refractivity contribution in [3.05, 3.63) is 47.5 Å². The van der Waals surface area contributed by atoms with Crippen molar-refractivity contribution in [3.63, 3.8) is 0 Å². The number of aromatic hydroxyl groups is 3. The number of phenolic OH excluding ortho intramolecular Hbond substituents is 3. The molecule has 0 radical (unpaired) electrons. The molecule has 0 saturated heterocycles. The van der Waals surface area contributed by atoms with E-state index in [1.165, 1.54) is 12.1 Å². The van der Waals surface area contributed by atoms with Gasteiger partial charge in [-0.3, -0.25) is 0 Å². The summed E-state index contributed by atoms with van der Waals surface area (Å²) in [5.74, 6) is -1.30. The Morgan fingerprint density at radius 3 is 2.19 bits per heavy atom. The van der Waals surface area contributed by atoms with Crippen LogP contribution in [-0.2, 0) is 0 Å². The predicted molar refractivity (Wildman–Crippen MR) is 72.2 cm³/mol. The lowest BCUT2D eigenvalue weighted by atomic mass is 9.92. The molecule has 0 amide bonds. The van der Waals surface area contributed by atoms with Crippen LogP contribution in [-0.4, -0.2) is 31.6 Å². The molecule has 5 N–H and O–H groups in total. The summed E-state index contributed by atoms with van der Waals surface area (Å²) in [6.45, 7) is 0. The van der Waals surface area contributed by atoms with E-state index in [9.17, 15) is 25.5 Å². The first-order chi connectivity index (χ1) is 9.99. The average Bonchev–Trinajstić information content (AvgIpc) is 2.48. The molecule has 0 spiro atoms. The molecule has 6 heteroatoms. The largest absolute Gasteiger partial charge is 0.504 e. The predicted octanol–water partition coefficient (Wildman–Crippen LogP) is 1.33. The van der Waals surface area contributed by atoms with E-state index in [1.54, 1.807) is 24.3 Å². The van der Waals surface area contributed by atoms with Gasteiger partial charge in [0.2, 0.25) is 0 Å². The molecule has 0 aliphatic carbocycles. The maximum Gasteiger partial charge on any atom is 0.200 e. The summed E-state index contributed by atoms with van der Waals surface area (Å²) in [6.07, 6.45) is -3.41. The molecular formula is C15H14O6. The van der Waals surface area contributed by atoms with E-state index >= 15 is 0 Å². The highest BCUT2D eigenvalue weighted by Crippen LogP contribution is 2.44. The third-order valence-electron chi connectivity index (χ3n) is 3.55. The summed E-state index contributed by atoms with van der Waals surface area (Å²) in [5.41, 5.74) is 0.706. The van der Waals surface area contributed by atoms with Gasteiger partial charge in [0.1, 0.15) is 18.0 Å². The molecule has 3 atom stereocenters. The summed E-state index contributed by atoms with van der Waals surface area (Å²) in [5, 5.41) is 48.8. The number of fused-ring (bicyclic) bond motifs is 1. The molecule has 0 aromatic heterocycles. The monoisotopic (exact) mass is 290 g/mol. The van der Waals surface area contributed by atoms with Gasteiger partial charge in [0.05, 0.1) is 0 Å². The van der Waals surface area contributed by atoms with Gasteiger partial charge in [0.25, 0.3) is 0 Å². The van der Waals surface area contributed by atoms with Gasteiger partial charge in [-0.15, -0.1) is 0 Å². The Morgan fingerprint density at radius 1 is 0.905 bits per heavy atom. The minimum absolute atomic E-state index is 0.240. The Morgan fingerprint density at radius 2 is 1.52 bits per heavy atom. The topological polar surface area (TPSA) is 110 Å². The van der Waals surface area contributed by atoms with Gasteiger partial charge >= 0.3 is 0 Å². The van der Waals surface area contributed by atoms with Crippen LogP contribution >= 0.6 is 0 Å². The molecule has 21 heavy (non-hydrogen) atoms. The highest BCUT2D eigenvalue weighted by molar-refractivity contribution is 5.52. The molecule has 0 bridgehead atoms. The Kier molecular flexibility index (Phi) is 3.12. The number of rotatable bonds is 1. The standard InChI is InChI=1S/C15H14O6/c16-9-5-7(6-10(17)13(9)19)15-14(20)12(18)8-3-1-2-4-11(8)21-15/h1-6,12,14-20H. The van der Waals surface area contributed by atoms with Gasteiger partial charge in [-0.1, -0.05) is 18.2 Å². The van der Waals surface area contributed by atoms with Crippen molar-refractivity contribution < 1.29 is 30.3 Å². The minimum atomic E-state index is -1.27. The quantitative estimate of drug-likeness (QED) is 0.507. The lowest BCUT2D eigenvalue weighted by molar-refractivity contribution is -0.0700. The number of aliphatic hydroxyl groups excluding tert-OH is 2. The highest BCUT2D eigenvalue weighted by Gasteiger charge is 2.37. The number of para-hydroxylation sites is 1. The van der Waals surface area contributed by atoms with Crippen molar-refractivity contribution in [3.8, 4) is 23.0 Å². The SMILES string of the molecule is Oc1cc(C2Oc3ccccc3C(O)C2O)cc(O)c1O. The van der Waals surface area contributed by atoms with Crippen LogP contribution in [0.25, 0.3) is 0 Å². The van der Waals surface area contributed by atoms with Crippen molar-refractivity contribution in [2.75, 3.05) is 0 Å². The Balaban J connectivity index is 2.04. The van der Waals surface area contributed by atoms with E-state index in [4.69, 9.17) is 4.74 Å². The van der Waals surface area contributed by atoms with Gasteiger partial charge in [-0.2, -0.15) is 0 Å². The highest BCUT2D eigenvalue weighted by atomic mass is 16.5. The van der Waals surface area contributed by atoms with Crippen LogP contribution in [0.2, 0.25) is 0 Å². The molecule has 2 aromatic rings. The Labute approximate surface area is 120 Å². The third-order valence-corrected chi connectivity index (χ3v) is 3.55. The minimum Gasteiger partial charge on any atom is -0.504 e. The first kappa shape index (κ1) is 13.5. The van der Waals surface area contributed by atoms with E-state index in [0.717, 1.165) is 0 Å². The van der Waals surface area contributed by atoms with Gasteiger partial charge in [0, 0.05) is 11.1 Å².